The SMILES string of the molecule is COc1cccc2c1OCN(CCc1ccc(OCc3ccccc3)cc1)C2. The van der Waals surface area contributed by atoms with Gasteiger partial charge in [0, 0.05) is 18.7 Å². The number of ether oxygens (including phenoxy) is 3. The lowest BCUT2D eigenvalue weighted by Gasteiger charge is -2.29. The molecular weight excluding hydrogens is 350 g/mol. The number of benzene rings is 3. The van der Waals surface area contributed by atoms with E-state index < -0.39 is 0 Å². The molecule has 0 unspecified atom stereocenters. The Kier molecular flexibility index (Phi) is 5.78. The smallest absolute Gasteiger partial charge is 0.167 e. The van der Waals surface area contributed by atoms with E-state index in [1.54, 1.807) is 7.11 Å². The molecule has 4 rings (SSSR count). The normalized spacial score (nSPS) is 13.5. The molecule has 4 nitrogen and oxygen atoms in total. The number of para-hydroxylation sites is 1. The minimum absolute atomic E-state index is 0.589. The van der Waals surface area contributed by atoms with Crippen LogP contribution in [0.15, 0.2) is 72.8 Å². The molecule has 0 bridgehead atoms. The molecule has 0 atom stereocenters. The predicted octanol–water partition coefficient (Wildman–Crippen LogP) is 4.67. The van der Waals surface area contributed by atoms with E-state index in [-0.39, 0.29) is 0 Å². The molecule has 0 amide bonds. The van der Waals surface area contributed by atoms with Gasteiger partial charge in [-0.2, -0.15) is 0 Å². The van der Waals surface area contributed by atoms with E-state index in [0.29, 0.717) is 13.3 Å². The molecule has 0 saturated carbocycles. The van der Waals surface area contributed by atoms with Gasteiger partial charge in [0.2, 0.25) is 0 Å². The lowest BCUT2D eigenvalue weighted by atomic mass is 10.1. The highest BCUT2D eigenvalue weighted by molar-refractivity contribution is 5.47. The molecule has 0 aliphatic carbocycles. The van der Waals surface area contributed by atoms with Gasteiger partial charge in [-0.1, -0.05) is 54.6 Å². The Morgan fingerprint density at radius 3 is 2.50 bits per heavy atom. The van der Waals surface area contributed by atoms with E-state index in [1.165, 1.54) is 16.7 Å². The van der Waals surface area contributed by atoms with Crippen LogP contribution in [-0.2, 0) is 19.6 Å². The fraction of sp³-hybridized carbons (Fsp3) is 0.250. The van der Waals surface area contributed by atoms with Crippen LogP contribution in [0.2, 0.25) is 0 Å². The molecule has 4 heteroatoms. The first kappa shape index (κ1) is 18.4. The summed E-state index contributed by atoms with van der Waals surface area (Å²) in [7, 11) is 1.68. The molecule has 28 heavy (non-hydrogen) atoms. The molecular formula is C24H25NO3. The van der Waals surface area contributed by atoms with Crippen molar-refractivity contribution in [1.82, 2.24) is 4.90 Å². The number of rotatable bonds is 7. The molecule has 1 aliphatic heterocycles. The highest BCUT2D eigenvalue weighted by atomic mass is 16.5. The van der Waals surface area contributed by atoms with Crippen molar-refractivity contribution in [2.24, 2.45) is 0 Å². The van der Waals surface area contributed by atoms with Crippen LogP contribution in [-0.4, -0.2) is 25.3 Å². The van der Waals surface area contributed by atoms with Crippen LogP contribution >= 0.6 is 0 Å². The first-order chi connectivity index (χ1) is 13.8. The Balaban J connectivity index is 1.28. The van der Waals surface area contributed by atoms with Crippen molar-refractivity contribution >= 4 is 0 Å². The lowest BCUT2D eigenvalue weighted by molar-refractivity contribution is 0.0930. The van der Waals surface area contributed by atoms with E-state index in [1.807, 2.05) is 42.5 Å². The number of nitrogens with zero attached hydrogens (tertiary/aromatic N) is 1. The van der Waals surface area contributed by atoms with Gasteiger partial charge in [-0.15, -0.1) is 0 Å². The maximum atomic E-state index is 5.92. The Hall–Kier alpha value is -2.98. The molecule has 0 spiro atoms. The van der Waals surface area contributed by atoms with Gasteiger partial charge in [-0.25, -0.2) is 0 Å². The molecule has 0 radical (unpaired) electrons. The van der Waals surface area contributed by atoms with Crippen LogP contribution in [0.1, 0.15) is 16.7 Å². The second-order valence-corrected chi connectivity index (χ2v) is 6.94. The summed E-state index contributed by atoms with van der Waals surface area (Å²) >= 11 is 0. The fourth-order valence-electron chi connectivity index (χ4n) is 3.38. The quantitative estimate of drug-likeness (QED) is 0.601. The van der Waals surface area contributed by atoms with Crippen molar-refractivity contribution in [2.75, 3.05) is 20.4 Å². The zero-order valence-electron chi connectivity index (χ0n) is 16.1. The molecule has 3 aromatic carbocycles. The van der Waals surface area contributed by atoms with Crippen LogP contribution in [0.5, 0.6) is 17.2 Å². The number of fused-ring (bicyclic) bond motifs is 1. The molecule has 0 saturated heterocycles. The second-order valence-electron chi connectivity index (χ2n) is 6.94. The minimum Gasteiger partial charge on any atom is -0.493 e. The van der Waals surface area contributed by atoms with E-state index in [9.17, 15) is 0 Å². The average Bonchev–Trinajstić information content (AvgIpc) is 2.77. The summed E-state index contributed by atoms with van der Waals surface area (Å²) in [5.41, 5.74) is 3.65. The third-order valence-electron chi connectivity index (χ3n) is 4.95. The number of methoxy groups -OCH3 is 1. The van der Waals surface area contributed by atoms with Crippen LogP contribution in [0.4, 0.5) is 0 Å². The molecule has 0 N–H and O–H groups in total. The summed E-state index contributed by atoms with van der Waals surface area (Å²) in [4.78, 5) is 2.31. The van der Waals surface area contributed by atoms with E-state index in [0.717, 1.165) is 36.8 Å². The summed E-state index contributed by atoms with van der Waals surface area (Å²) in [6.45, 7) is 3.01. The monoisotopic (exact) mass is 375 g/mol. The first-order valence-electron chi connectivity index (χ1n) is 9.58. The first-order valence-corrected chi connectivity index (χ1v) is 9.58. The fourth-order valence-corrected chi connectivity index (χ4v) is 3.38. The van der Waals surface area contributed by atoms with Gasteiger partial charge in [-0.05, 0) is 35.7 Å². The van der Waals surface area contributed by atoms with Gasteiger partial charge < -0.3 is 14.2 Å². The summed E-state index contributed by atoms with van der Waals surface area (Å²) in [6, 6.07) is 24.6. The minimum atomic E-state index is 0.589. The van der Waals surface area contributed by atoms with Crippen molar-refractivity contribution < 1.29 is 14.2 Å². The standard InChI is InChI=1S/C24H25NO3/c1-26-23-9-5-8-21-16-25(18-28-24(21)23)15-14-19-10-12-22(13-11-19)27-17-20-6-3-2-4-7-20/h2-13H,14-18H2,1H3. The molecule has 0 aromatic heterocycles. The Bertz CT molecular complexity index is 893. The highest BCUT2D eigenvalue weighted by Gasteiger charge is 2.20. The van der Waals surface area contributed by atoms with E-state index >= 15 is 0 Å². The van der Waals surface area contributed by atoms with Gasteiger partial charge in [0.25, 0.3) is 0 Å². The average molecular weight is 375 g/mol. The maximum Gasteiger partial charge on any atom is 0.167 e. The van der Waals surface area contributed by atoms with E-state index in [4.69, 9.17) is 14.2 Å². The number of hydrogen-bond acceptors (Lipinski definition) is 4. The highest BCUT2D eigenvalue weighted by Crippen LogP contribution is 2.34. The Morgan fingerprint density at radius 2 is 1.71 bits per heavy atom. The maximum absolute atomic E-state index is 5.92. The number of hydrogen-bond donors (Lipinski definition) is 0. The summed E-state index contributed by atoms with van der Waals surface area (Å²) in [5.74, 6) is 2.58. The van der Waals surface area contributed by atoms with Gasteiger partial charge in [0.15, 0.2) is 11.5 Å². The van der Waals surface area contributed by atoms with Crippen molar-refractivity contribution in [2.45, 2.75) is 19.6 Å². The topological polar surface area (TPSA) is 30.9 Å². The zero-order chi connectivity index (χ0) is 19.2. The van der Waals surface area contributed by atoms with Crippen LogP contribution in [0.25, 0.3) is 0 Å². The zero-order valence-corrected chi connectivity index (χ0v) is 16.1. The van der Waals surface area contributed by atoms with Crippen LogP contribution in [0.3, 0.4) is 0 Å². The molecule has 1 heterocycles. The Labute approximate surface area is 166 Å². The van der Waals surface area contributed by atoms with Crippen LogP contribution < -0.4 is 14.2 Å². The van der Waals surface area contributed by atoms with Crippen molar-refractivity contribution in [3.05, 3.63) is 89.5 Å². The second kappa shape index (κ2) is 8.81. The van der Waals surface area contributed by atoms with Crippen molar-refractivity contribution in [3.63, 3.8) is 0 Å². The molecule has 0 fully saturated rings. The largest absolute Gasteiger partial charge is 0.493 e. The van der Waals surface area contributed by atoms with Crippen LogP contribution in [0, 0.1) is 0 Å². The van der Waals surface area contributed by atoms with Gasteiger partial charge in [0.05, 0.1) is 7.11 Å². The van der Waals surface area contributed by atoms with Crippen molar-refractivity contribution in [1.29, 1.82) is 0 Å². The molecule has 144 valence electrons. The van der Waals surface area contributed by atoms with Gasteiger partial charge in [0.1, 0.15) is 19.1 Å². The van der Waals surface area contributed by atoms with Gasteiger partial charge >= 0.3 is 0 Å². The summed E-state index contributed by atoms with van der Waals surface area (Å²) in [6.07, 6.45) is 0.974. The lowest BCUT2D eigenvalue weighted by Crippen LogP contribution is -2.33. The third kappa shape index (κ3) is 4.46. The predicted molar refractivity (Wildman–Crippen MR) is 110 cm³/mol. The van der Waals surface area contributed by atoms with Gasteiger partial charge in [-0.3, -0.25) is 4.90 Å². The summed E-state index contributed by atoms with van der Waals surface area (Å²) in [5, 5.41) is 0. The van der Waals surface area contributed by atoms with E-state index in [2.05, 4.69) is 35.2 Å². The third-order valence-corrected chi connectivity index (χ3v) is 4.95. The Morgan fingerprint density at radius 1 is 0.893 bits per heavy atom. The molecule has 3 aromatic rings. The van der Waals surface area contributed by atoms with Crippen molar-refractivity contribution in [3.8, 4) is 17.2 Å². The summed E-state index contributed by atoms with van der Waals surface area (Å²) < 4.78 is 17.2. The molecule has 1 aliphatic rings.